The van der Waals surface area contributed by atoms with Gasteiger partial charge in [-0.2, -0.15) is 0 Å². The molecule has 1 aromatic heterocycles. The van der Waals surface area contributed by atoms with Crippen LogP contribution < -0.4 is 5.69 Å². The van der Waals surface area contributed by atoms with E-state index in [1.807, 2.05) is 0 Å². The standard InChI is InChI=1S/C8H15N3OS/c1-3-5-6(4-2)11-7(12)9-10-8(11)13/h6H,3-5H2,1-2H3,(H,9,12)(H,10,13). The van der Waals surface area contributed by atoms with Crippen LogP contribution in [0.4, 0.5) is 0 Å². The van der Waals surface area contributed by atoms with Crippen molar-refractivity contribution < 1.29 is 0 Å². The van der Waals surface area contributed by atoms with Crippen LogP contribution in [0.5, 0.6) is 0 Å². The second kappa shape index (κ2) is 4.41. The predicted molar refractivity (Wildman–Crippen MR) is 54.5 cm³/mol. The fourth-order valence-corrected chi connectivity index (χ4v) is 1.78. The number of hydrogen-bond donors (Lipinski definition) is 2. The highest BCUT2D eigenvalue weighted by Crippen LogP contribution is 2.15. The zero-order chi connectivity index (χ0) is 9.84. The third-order valence-corrected chi connectivity index (χ3v) is 2.47. The lowest BCUT2D eigenvalue weighted by molar-refractivity contribution is 0.432. The summed E-state index contributed by atoms with van der Waals surface area (Å²) in [6.45, 7) is 4.17. The number of H-pyrrole nitrogens is 2. The molecule has 0 spiro atoms. The summed E-state index contributed by atoms with van der Waals surface area (Å²) in [5, 5.41) is 5.14. The summed E-state index contributed by atoms with van der Waals surface area (Å²) in [5.41, 5.74) is -0.134. The number of hydrogen-bond acceptors (Lipinski definition) is 2. The van der Waals surface area contributed by atoms with Gasteiger partial charge in [0.1, 0.15) is 0 Å². The summed E-state index contributed by atoms with van der Waals surface area (Å²) in [6, 6.07) is 0.229. The first kappa shape index (κ1) is 10.2. The van der Waals surface area contributed by atoms with E-state index < -0.39 is 0 Å². The molecule has 0 bridgehead atoms. The van der Waals surface area contributed by atoms with E-state index in [2.05, 4.69) is 24.0 Å². The number of nitrogens with zero attached hydrogens (tertiary/aromatic N) is 1. The van der Waals surface area contributed by atoms with E-state index in [4.69, 9.17) is 12.2 Å². The first-order chi connectivity index (χ1) is 6.20. The van der Waals surface area contributed by atoms with Gasteiger partial charge in [-0.05, 0) is 25.1 Å². The van der Waals surface area contributed by atoms with Gasteiger partial charge in [-0.25, -0.2) is 9.89 Å². The molecule has 1 unspecified atom stereocenters. The fraction of sp³-hybridized carbons (Fsp3) is 0.750. The highest BCUT2D eigenvalue weighted by molar-refractivity contribution is 7.71. The van der Waals surface area contributed by atoms with Crippen molar-refractivity contribution in [3.8, 4) is 0 Å². The molecule has 2 N–H and O–H groups in total. The molecule has 0 saturated carbocycles. The van der Waals surface area contributed by atoms with Crippen molar-refractivity contribution >= 4 is 12.2 Å². The monoisotopic (exact) mass is 201 g/mol. The Labute approximate surface area is 82.0 Å². The number of aromatic nitrogens is 3. The predicted octanol–water partition coefficient (Wildman–Crippen LogP) is 1.99. The van der Waals surface area contributed by atoms with Crippen LogP contribution in [0, 0.1) is 4.77 Å². The normalized spacial score (nSPS) is 13.1. The SMILES string of the molecule is CCCC(CC)n1c(=O)[nH][nH]c1=S. The molecule has 0 aromatic carbocycles. The second-order valence-electron chi connectivity index (χ2n) is 3.08. The van der Waals surface area contributed by atoms with Gasteiger partial charge in [-0.1, -0.05) is 20.3 Å². The van der Waals surface area contributed by atoms with Crippen LogP contribution in [-0.2, 0) is 0 Å². The average molecular weight is 201 g/mol. The topological polar surface area (TPSA) is 53.6 Å². The highest BCUT2D eigenvalue weighted by atomic mass is 32.1. The van der Waals surface area contributed by atoms with Gasteiger partial charge in [0, 0.05) is 6.04 Å². The van der Waals surface area contributed by atoms with E-state index >= 15 is 0 Å². The third kappa shape index (κ3) is 2.09. The Morgan fingerprint density at radius 1 is 1.46 bits per heavy atom. The van der Waals surface area contributed by atoms with Crippen molar-refractivity contribution in [1.29, 1.82) is 0 Å². The Kier molecular flexibility index (Phi) is 3.48. The van der Waals surface area contributed by atoms with Crippen LogP contribution in [0.3, 0.4) is 0 Å². The van der Waals surface area contributed by atoms with Crippen LogP contribution in [0.1, 0.15) is 39.2 Å². The maximum absolute atomic E-state index is 11.3. The van der Waals surface area contributed by atoms with Crippen molar-refractivity contribution in [3.05, 3.63) is 15.3 Å². The molecule has 13 heavy (non-hydrogen) atoms. The first-order valence-corrected chi connectivity index (χ1v) is 5.00. The maximum Gasteiger partial charge on any atom is 0.342 e. The Balaban J connectivity index is 3.03. The molecule has 0 aliphatic carbocycles. The smallest absolute Gasteiger partial charge is 0.272 e. The van der Waals surface area contributed by atoms with Gasteiger partial charge in [0.05, 0.1) is 0 Å². The van der Waals surface area contributed by atoms with Crippen molar-refractivity contribution in [2.75, 3.05) is 0 Å². The van der Waals surface area contributed by atoms with E-state index in [1.54, 1.807) is 4.57 Å². The molecule has 0 aliphatic rings. The summed E-state index contributed by atoms with van der Waals surface area (Å²) in [6.07, 6.45) is 2.99. The lowest BCUT2D eigenvalue weighted by Gasteiger charge is -2.13. The molecular weight excluding hydrogens is 186 g/mol. The summed E-state index contributed by atoms with van der Waals surface area (Å²) >= 11 is 5.01. The maximum atomic E-state index is 11.3. The molecule has 0 saturated heterocycles. The lowest BCUT2D eigenvalue weighted by atomic mass is 10.1. The Bertz CT molecular complexity index is 334. The number of rotatable bonds is 4. The molecule has 1 heterocycles. The van der Waals surface area contributed by atoms with Gasteiger partial charge in [0.15, 0.2) is 4.77 Å². The van der Waals surface area contributed by atoms with Crippen LogP contribution >= 0.6 is 12.2 Å². The lowest BCUT2D eigenvalue weighted by Crippen LogP contribution is -2.22. The molecule has 1 rings (SSSR count). The van der Waals surface area contributed by atoms with Crippen molar-refractivity contribution in [1.82, 2.24) is 14.8 Å². The van der Waals surface area contributed by atoms with Crippen LogP contribution in [0.2, 0.25) is 0 Å². The zero-order valence-electron chi connectivity index (χ0n) is 7.96. The van der Waals surface area contributed by atoms with E-state index in [-0.39, 0.29) is 11.7 Å². The summed E-state index contributed by atoms with van der Waals surface area (Å²) < 4.78 is 2.11. The van der Waals surface area contributed by atoms with Gasteiger partial charge < -0.3 is 0 Å². The second-order valence-corrected chi connectivity index (χ2v) is 3.47. The molecule has 0 aliphatic heterocycles. The van der Waals surface area contributed by atoms with Gasteiger partial charge in [0.2, 0.25) is 0 Å². The minimum atomic E-state index is -0.134. The molecule has 4 nitrogen and oxygen atoms in total. The van der Waals surface area contributed by atoms with Gasteiger partial charge in [0.25, 0.3) is 0 Å². The summed E-state index contributed by atoms with van der Waals surface area (Å²) in [5.74, 6) is 0. The van der Waals surface area contributed by atoms with E-state index in [9.17, 15) is 4.79 Å². The van der Waals surface area contributed by atoms with Gasteiger partial charge in [-0.15, -0.1) is 0 Å². The molecule has 1 atom stereocenters. The fourth-order valence-electron chi connectivity index (χ4n) is 1.50. The Morgan fingerprint density at radius 3 is 2.54 bits per heavy atom. The van der Waals surface area contributed by atoms with Crippen molar-refractivity contribution in [2.45, 2.75) is 39.2 Å². The highest BCUT2D eigenvalue weighted by Gasteiger charge is 2.11. The largest absolute Gasteiger partial charge is 0.342 e. The average Bonchev–Trinajstić information content (AvgIpc) is 2.43. The minimum absolute atomic E-state index is 0.134. The zero-order valence-corrected chi connectivity index (χ0v) is 8.78. The van der Waals surface area contributed by atoms with E-state index in [1.165, 1.54) is 0 Å². The molecule has 74 valence electrons. The molecule has 1 aromatic rings. The summed E-state index contributed by atoms with van der Waals surface area (Å²) in [7, 11) is 0. The van der Waals surface area contributed by atoms with Crippen molar-refractivity contribution in [3.63, 3.8) is 0 Å². The quantitative estimate of drug-likeness (QED) is 0.732. The first-order valence-electron chi connectivity index (χ1n) is 4.59. The van der Waals surface area contributed by atoms with Crippen LogP contribution in [-0.4, -0.2) is 14.8 Å². The van der Waals surface area contributed by atoms with Gasteiger partial charge >= 0.3 is 5.69 Å². The molecular formula is C8H15N3OS. The number of aromatic amines is 2. The van der Waals surface area contributed by atoms with Crippen molar-refractivity contribution in [2.24, 2.45) is 0 Å². The third-order valence-electron chi connectivity index (χ3n) is 2.17. The van der Waals surface area contributed by atoms with Crippen LogP contribution in [0.15, 0.2) is 4.79 Å². The molecule has 5 heteroatoms. The molecule has 0 fully saturated rings. The molecule has 0 amide bonds. The van der Waals surface area contributed by atoms with Gasteiger partial charge in [-0.3, -0.25) is 9.67 Å². The van der Waals surface area contributed by atoms with E-state index in [0.717, 1.165) is 19.3 Å². The number of nitrogens with one attached hydrogen (secondary N) is 2. The van der Waals surface area contributed by atoms with Crippen LogP contribution in [0.25, 0.3) is 0 Å². The Hall–Kier alpha value is -0.840. The molecule has 0 radical (unpaired) electrons. The summed E-state index contributed by atoms with van der Waals surface area (Å²) in [4.78, 5) is 11.3. The minimum Gasteiger partial charge on any atom is -0.272 e. The van der Waals surface area contributed by atoms with E-state index in [0.29, 0.717) is 4.77 Å². The Morgan fingerprint density at radius 2 is 2.15 bits per heavy atom.